The molecule has 25 heavy (non-hydrogen) atoms. The van der Waals surface area contributed by atoms with Crippen molar-refractivity contribution in [3.63, 3.8) is 0 Å². The van der Waals surface area contributed by atoms with Crippen molar-refractivity contribution in [2.24, 2.45) is 5.73 Å². The maximum Gasteiger partial charge on any atom is 0.328 e. The van der Waals surface area contributed by atoms with E-state index in [1.807, 2.05) is 5.32 Å². The van der Waals surface area contributed by atoms with Crippen LogP contribution in [0.15, 0.2) is 4.42 Å². The number of aromatic nitrogens is 2. The van der Waals surface area contributed by atoms with E-state index >= 15 is 0 Å². The highest BCUT2D eigenvalue weighted by Gasteiger charge is 2.27. The Kier molecular flexibility index (Phi) is 8.17. The summed E-state index contributed by atoms with van der Waals surface area (Å²) in [5.41, 5.74) is 5.31. The van der Waals surface area contributed by atoms with Crippen molar-refractivity contribution in [3.05, 3.63) is 11.8 Å². The van der Waals surface area contributed by atoms with Gasteiger partial charge in [-0.15, -0.1) is 10.2 Å². The van der Waals surface area contributed by atoms with Crippen LogP contribution in [0, 0.1) is 0 Å². The number of hydrogen-bond acceptors (Lipinski definition) is 10. The standard InChI is InChI=1S/C12H22N6O7/c1-14-6(3-19)10-18-17-9(25-10)5(2-8(13)21)15-12(24)16-7(4-20)11(22)23/h5-8,14,19-21H,2-4,13H2,1H3,(H,22,23)(H2,15,16,24)/t5-,6-,7-,8?/m0/s1. The lowest BCUT2D eigenvalue weighted by molar-refractivity contribution is -0.140. The molecule has 0 radical (unpaired) electrons. The highest BCUT2D eigenvalue weighted by atomic mass is 16.4. The number of nitrogens with two attached hydrogens (primary N) is 1. The molecule has 1 aromatic heterocycles. The molecule has 0 aromatic carbocycles. The quantitative estimate of drug-likeness (QED) is 0.194. The molecule has 0 aliphatic heterocycles. The van der Waals surface area contributed by atoms with Crippen molar-refractivity contribution < 1.29 is 34.4 Å². The van der Waals surface area contributed by atoms with E-state index in [-0.39, 0.29) is 24.8 Å². The van der Waals surface area contributed by atoms with Gasteiger partial charge < -0.3 is 46.5 Å². The Balaban J connectivity index is 2.87. The molecule has 0 spiro atoms. The molecule has 0 bridgehead atoms. The van der Waals surface area contributed by atoms with Gasteiger partial charge in [-0.3, -0.25) is 0 Å². The van der Waals surface area contributed by atoms with E-state index in [1.165, 1.54) is 0 Å². The molecule has 13 nitrogen and oxygen atoms in total. The van der Waals surface area contributed by atoms with Gasteiger partial charge in [-0.1, -0.05) is 0 Å². The first-order valence-corrected chi connectivity index (χ1v) is 7.28. The van der Waals surface area contributed by atoms with E-state index in [2.05, 4.69) is 20.8 Å². The van der Waals surface area contributed by atoms with E-state index in [0.29, 0.717) is 0 Å². The van der Waals surface area contributed by atoms with Crippen molar-refractivity contribution in [2.75, 3.05) is 20.3 Å². The first-order valence-electron chi connectivity index (χ1n) is 7.28. The third-order valence-corrected chi connectivity index (χ3v) is 3.15. The zero-order chi connectivity index (χ0) is 19.0. The Morgan fingerprint density at radius 2 is 1.76 bits per heavy atom. The Bertz CT molecular complexity index is 562. The first-order chi connectivity index (χ1) is 11.8. The molecular formula is C12H22N6O7. The van der Waals surface area contributed by atoms with Gasteiger partial charge in [0.05, 0.1) is 13.2 Å². The van der Waals surface area contributed by atoms with Crippen LogP contribution in [0.25, 0.3) is 0 Å². The summed E-state index contributed by atoms with van der Waals surface area (Å²) < 4.78 is 5.35. The summed E-state index contributed by atoms with van der Waals surface area (Å²) >= 11 is 0. The topological polar surface area (TPSA) is 216 Å². The van der Waals surface area contributed by atoms with E-state index in [4.69, 9.17) is 20.4 Å². The predicted molar refractivity (Wildman–Crippen MR) is 80.9 cm³/mol. The summed E-state index contributed by atoms with van der Waals surface area (Å²) in [4.78, 5) is 22.7. The van der Waals surface area contributed by atoms with Gasteiger partial charge in [-0.2, -0.15) is 0 Å². The SMILES string of the molecule is CN[C@@H](CO)c1nnc([C@H](CC(N)O)NC(=O)N[C@@H](CO)C(=O)O)o1. The summed E-state index contributed by atoms with van der Waals surface area (Å²) in [7, 11) is 1.57. The lowest BCUT2D eigenvalue weighted by atomic mass is 10.2. The van der Waals surface area contributed by atoms with Crippen LogP contribution < -0.4 is 21.7 Å². The van der Waals surface area contributed by atoms with Gasteiger partial charge in [0, 0.05) is 6.42 Å². The van der Waals surface area contributed by atoms with Crippen molar-refractivity contribution in [1.29, 1.82) is 0 Å². The van der Waals surface area contributed by atoms with E-state index < -0.39 is 43.0 Å². The molecule has 13 heteroatoms. The van der Waals surface area contributed by atoms with Gasteiger partial charge in [0.15, 0.2) is 6.04 Å². The molecule has 4 atom stereocenters. The fourth-order valence-electron chi connectivity index (χ4n) is 1.83. The second-order valence-corrected chi connectivity index (χ2v) is 5.05. The zero-order valence-corrected chi connectivity index (χ0v) is 13.4. The molecule has 0 aliphatic rings. The molecule has 1 unspecified atom stereocenters. The van der Waals surface area contributed by atoms with Crippen LogP contribution >= 0.6 is 0 Å². The van der Waals surface area contributed by atoms with E-state index in [1.54, 1.807) is 7.05 Å². The number of aliphatic hydroxyl groups is 3. The average Bonchev–Trinajstić information content (AvgIpc) is 3.02. The van der Waals surface area contributed by atoms with Crippen LogP contribution in [0.2, 0.25) is 0 Å². The molecule has 0 aliphatic carbocycles. The van der Waals surface area contributed by atoms with Crippen LogP contribution in [0.4, 0.5) is 4.79 Å². The monoisotopic (exact) mass is 362 g/mol. The van der Waals surface area contributed by atoms with Gasteiger partial charge >= 0.3 is 12.0 Å². The number of carboxylic acid groups (broad SMARTS) is 1. The van der Waals surface area contributed by atoms with Crippen molar-refractivity contribution in [1.82, 2.24) is 26.1 Å². The second kappa shape index (κ2) is 9.85. The van der Waals surface area contributed by atoms with Crippen LogP contribution in [0.3, 0.4) is 0 Å². The number of carbonyl (C=O) groups is 2. The molecule has 0 saturated heterocycles. The maximum atomic E-state index is 11.9. The summed E-state index contributed by atoms with van der Waals surface area (Å²) in [6.07, 6.45) is -1.53. The number of nitrogens with zero attached hydrogens (tertiary/aromatic N) is 2. The van der Waals surface area contributed by atoms with Crippen molar-refractivity contribution >= 4 is 12.0 Å². The number of likely N-dealkylation sites (N-methyl/N-ethyl adjacent to an activating group) is 1. The van der Waals surface area contributed by atoms with Crippen LogP contribution in [-0.4, -0.2) is 75.2 Å². The zero-order valence-electron chi connectivity index (χ0n) is 13.4. The Morgan fingerprint density at radius 1 is 1.16 bits per heavy atom. The highest BCUT2D eigenvalue weighted by Crippen LogP contribution is 2.19. The van der Waals surface area contributed by atoms with Gasteiger partial charge in [0.25, 0.3) is 0 Å². The van der Waals surface area contributed by atoms with E-state index in [0.717, 1.165) is 0 Å². The fraction of sp³-hybridized carbons (Fsp3) is 0.667. The third kappa shape index (κ3) is 6.24. The number of urea groups is 1. The number of aliphatic hydroxyl groups excluding tert-OH is 3. The molecule has 2 amide bonds. The summed E-state index contributed by atoms with van der Waals surface area (Å²) in [5, 5.41) is 50.8. The minimum absolute atomic E-state index is 0.0532. The second-order valence-electron chi connectivity index (χ2n) is 5.05. The number of aliphatic carboxylic acids is 1. The third-order valence-electron chi connectivity index (χ3n) is 3.15. The Morgan fingerprint density at radius 3 is 2.20 bits per heavy atom. The van der Waals surface area contributed by atoms with Crippen molar-refractivity contribution in [2.45, 2.75) is 30.8 Å². The summed E-state index contributed by atoms with van der Waals surface area (Å²) in [5.74, 6) is -1.47. The van der Waals surface area contributed by atoms with Gasteiger partial charge in [-0.25, -0.2) is 9.59 Å². The molecule has 1 aromatic rings. The minimum atomic E-state index is -1.51. The van der Waals surface area contributed by atoms with Crippen molar-refractivity contribution in [3.8, 4) is 0 Å². The molecule has 9 N–H and O–H groups in total. The summed E-state index contributed by atoms with van der Waals surface area (Å²) in [6, 6.07) is -4.10. The normalized spacial score (nSPS) is 15.9. The fourth-order valence-corrected chi connectivity index (χ4v) is 1.83. The molecule has 1 heterocycles. The highest BCUT2D eigenvalue weighted by molar-refractivity contribution is 5.82. The molecule has 1 rings (SSSR count). The number of carboxylic acids is 1. The smallest absolute Gasteiger partial charge is 0.328 e. The molecular weight excluding hydrogens is 340 g/mol. The van der Waals surface area contributed by atoms with Crippen LogP contribution in [0.1, 0.15) is 30.3 Å². The Labute approximate surface area is 142 Å². The maximum absolute atomic E-state index is 11.9. The first kappa shape index (κ1) is 20.7. The average molecular weight is 362 g/mol. The van der Waals surface area contributed by atoms with Gasteiger partial charge in [0.1, 0.15) is 18.3 Å². The molecule has 0 fully saturated rings. The van der Waals surface area contributed by atoms with Gasteiger partial charge in [0.2, 0.25) is 11.8 Å². The Hall–Kier alpha value is -2.32. The van der Waals surface area contributed by atoms with Crippen LogP contribution in [0.5, 0.6) is 0 Å². The number of carbonyl (C=O) groups excluding carboxylic acids is 1. The van der Waals surface area contributed by atoms with E-state index in [9.17, 15) is 19.8 Å². The summed E-state index contributed by atoms with van der Waals surface area (Å²) in [6.45, 7) is -1.12. The number of nitrogens with one attached hydrogen (secondary N) is 3. The lowest BCUT2D eigenvalue weighted by Gasteiger charge is -2.19. The number of hydrogen-bond donors (Lipinski definition) is 8. The minimum Gasteiger partial charge on any atom is -0.480 e. The van der Waals surface area contributed by atoms with Crippen LogP contribution in [-0.2, 0) is 4.79 Å². The number of amides is 2. The van der Waals surface area contributed by atoms with Gasteiger partial charge in [-0.05, 0) is 7.05 Å². The molecule has 0 saturated carbocycles. The lowest BCUT2D eigenvalue weighted by Crippen LogP contribution is -2.49. The largest absolute Gasteiger partial charge is 0.480 e. The predicted octanol–water partition coefficient (Wildman–Crippen LogP) is -3.22. The molecule has 142 valence electrons. The number of rotatable bonds is 10.